The SMILES string of the molecule is CCc1nnc(N(CC)C(C)C)c(C(=N)N)c1CC. The fourth-order valence-electron chi connectivity index (χ4n) is 2.41. The predicted octanol–water partition coefficient (Wildman–Crippen LogP) is 2.12. The van der Waals surface area contributed by atoms with Gasteiger partial charge in [-0.2, -0.15) is 5.10 Å². The standard InChI is InChI=1S/C14H25N5/c1-6-10-11(7-2)17-18-14(12(10)13(15)16)19(8-3)9(4)5/h9H,6-8H2,1-5H3,(H3,15,16). The lowest BCUT2D eigenvalue weighted by Crippen LogP contribution is -2.34. The molecule has 0 bridgehead atoms. The van der Waals surface area contributed by atoms with Crippen molar-refractivity contribution in [3.63, 3.8) is 0 Å². The fraction of sp³-hybridized carbons (Fsp3) is 0.643. The van der Waals surface area contributed by atoms with Crippen molar-refractivity contribution in [2.45, 2.75) is 53.5 Å². The highest BCUT2D eigenvalue weighted by atomic mass is 15.3. The Bertz CT molecular complexity index is 453. The molecule has 1 aromatic rings. The zero-order valence-corrected chi connectivity index (χ0v) is 12.6. The molecule has 5 nitrogen and oxygen atoms in total. The number of hydrogen-bond donors (Lipinski definition) is 2. The number of nitrogens with zero attached hydrogens (tertiary/aromatic N) is 3. The first-order valence-electron chi connectivity index (χ1n) is 6.97. The third-order valence-electron chi connectivity index (χ3n) is 3.33. The Morgan fingerprint density at radius 3 is 2.21 bits per heavy atom. The van der Waals surface area contributed by atoms with E-state index >= 15 is 0 Å². The van der Waals surface area contributed by atoms with Crippen molar-refractivity contribution in [2.75, 3.05) is 11.4 Å². The number of anilines is 1. The van der Waals surface area contributed by atoms with Crippen LogP contribution in [-0.4, -0.2) is 28.6 Å². The van der Waals surface area contributed by atoms with Crippen LogP contribution < -0.4 is 10.6 Å². The van der Waals surface area contributed by atoms with E-state index in [1.807, 2.05) is 6.92 Å². The second kappa shape index (κ2) is 6.50. The summed E-state index contributed by atoms with van der Waals surface area (Å²) >= 11 is 0. The molecule has 5 heteroatoms. The molecule has 0 fully saturated rings. The number of aromatic nitrogens is 2. The Labute approximate surface area is 115 Å². The predicted molar refractivity (Wildman–Crippen MR) is 80.0 cm³/mol. The van der Waals surface area contributed by atoms with E-state index < -0.39 is 0 Å². The van der Waals surface area contributed by atoms with Gasteiger partial charge in [-0.1, -0.05) is 13.8 Å². The van der Waals surface area contributed by atoms with Crippen molar-refractivity contribution in [1.82, 2.24) is 10.2 Å². The van der Waals surface area contributed by atoms with E-state index in [-0.39, 0.29) is 5.84 Å². The molecule has 1 heterocycles. The van der Waals surface area contributed by atoms with E-state index in [1.165, 1.54) is 0 Å². The molecule has 106 valence electrons. The third kappa shape index (κ3) is 3.03. The second-order valence-corrected chi connectivity index (χ2v) is 4.82. The first-order chi connectivity index (χ1) is 8.97. The molecular formula is C14H25N5. The Balaban J connectivity index is 3.52. The maximum Gasteiger partial charge on any atom is 0.162 e. The molecule has 0 saturated heterocycles. The van der Waals surface area contributed by atoms with Crippen LogP contribution in [0.15, 0.2) is 0 Å². The van der Waals surface area contributed by atoms with Gasteiger partial charge < -0.3 is 10.6 Å². The molecular weight excluding hydrogens is 238 g/mol. The van der Waals surface area contributed by atoms with E-state index in [2.05, 4.69) is 42.8 Å². The van der Waals surface area contributed by atoms with Crippen LogP contribution in [-0.2, 0) is 12.8 Å². The van der Waals surface area contributed by atoms with E-state index in [9.17, 15) is 0 Å². The quantitative estimate of drug-likeness (QED) is 0.608. The lowest BCUT2D eigenvalue weighted by atomic mass is 10.0. The Hall–Kier alpha value is -1.65. The average Bonchev–Trinajstić information content (AvgIpc) is 2.37. The van der Waals surface area contributed by atoms with Crippen molar-refractivity contribution in [3.8, 4) is 0 Å². The number of nitrogens with one attached hydrogen (secondary N) is 1. The van der Waals surface area contributed by atoms with Crippen LogP contribution >= 0.6 is 0 Å². The van der Waals surface area contributed by atoms with E-state index in [1.54, 1.807) is 0 Å². The Kier molecular flexibility index (Phi) is 5.27. The molecule has 0 amide bonds. The summed E-state index contributed by atoms with van der Waals surface area (Å²) in [5, 5.41) is 16.5. The number of rotatable bonds is 6. The molecule has 19 heavy (non-hydrogen) atoms. The van der Waals surface area contributed by atoms with Crippen LogP contribution in [0.3, 0.4) is 0 Å². The van der Waals surface area contributed by atoms with E-state index in [0.717, 1.165) is 42.0 Å². The summed E-state index contributed by atoms with van der Waals surface area (Å²) in [5.74, 6) is 0.814. The van der Waals surface area contributed by atoms with Crippen LogP contribution in [0.2, 0.25) is 0 Å². The van der Waals surface area contributed by atoms with Crippen LogP contribution in [0.4, 0.5) is 5.82 Å². The van der Waals surface area contributed by atoms with Gasteiger partial charge in [-0.25, -0.2) is 0 Å². The summed E-state index contributed by atoms with van der Waals surface area (Å²) in [6, 6.07) is 0.301. The summed E-state index contributed by atoms with van der Waals surface area (Å²) < 4.78 is 0. The number of nitrogens with two attached hydrogens (primary N) is 1. The third-order valence-corrected chi connectivity index (χ3v) is 3.33. The minimum Gasteiger partial charge on any atom is -0.384 e. The lowest BCUT2D eigenvalue weighted by Gasteiger charge is -2.29. The first kappa shape index (κ1) is 15.4. The van der Waals surface area contributed by atoms with Gasteiger partial charge in [0.05, 0.1) is 11.3 Å². The van der Waals surface area contributed by atoms with E-state index in [4.69, 9.17) is 11.1 Å². The van der Waals surface area contributed by atoms with Crippen molar-refractivity contribution in [1.29, 1.82) is 5.41 Å². The van der Waals surface area contributed by atoms with Crippen molar-refractivity contribution in [3.05, 3.63) is 16.8 Å². The molecule has 0 spiro atoms. The highest BCUT2D eigenvalue weighted by Gasteiger charge is 2.21. The van der Waals surface area contributed by atoms with E-state index in [0.29, 0.717) is 6.04 Å². The van der Waals surface area contributed by atoms with Gasteiger partial charge in [0.1, 0.15) is 5.84 Å². The molecule has 0 aliphatic heterocycles. The van der Waals surface area contributed by atoms with Gasteiger partial charge in [0.25, 0.3) is 0 Å². The van der Waals surface area contributed by atoms with Gasteiger partial charge in [0, 0.05) is 12.6 Å². The molecule has 0 aliphatic carbocycles. The summed E-state index contributed by atoms with van der Waals surface area (Å²) in [7, 11) is 0. The summed E-state index contributed by atoms with van der Waals surface area (Å²) in [4.78, 5) is 2.13. The topological polar surface area (TPSA) is 78.9 Å². The molecule has 0 saturated carbocycles. The summed E-state index contributed by atoms with van der Waals surface area (Å²) in [6.45, 7) is 11.2. The maximum atomic E-state index is 7.88. The number of amidine groups is 1. The molecule has 1 aromatic heterocycles. The van der Waals surface area contributed by atoms with Crippen LogP contribution in [0.5, 0.6) is 0 Å². The van der Waals surface area contributed by atoms with Gasteiger partial charge in [-0.05, 0) is 39.2 Å². The minimum absolute atomic E-state index is 0.0792. The molecule has 0 unspecified atom stereocenters. The minimum atomic E-state index is 0.0792. The first-order valence-corrected chi connectivity index (χ1v) is 6.97. The smallest absolute Gasteiger partial charge is 0.162 e. The monoisotopic (exact) mass is 263 g/mol. The highest BCUT2D eigenvalue weighted by Crippen LogP contribution is 2.24. The van der Waals surface area contributed by atoms with Crippen LogP contribution in [0.1, 0.15) is 51.4 Å². The van der Waals surface area contributed by atoms with Crippen molar-refractivity contribution < 1.29 is 0 Å². The largest absolute Gasteiger partial charge is 0.384 e. The van der Waals surface area contributed by atoms with Crippen molar-refractivity contribution in [2.24, 2.45) is 5.73 Å². The molecule has 0 aromatic carbocycles. The summed E-state index contributed by atoms with van der Waals surface area (Å²) in [6.07, 6.45) is 1.63. The van der Waals surface area contributed by atoms with Gasteiger partial charge >= 0.3 is 0 Å². The zero-order chi connectivity index (χ0) is 14.6. The molecule has 0 radical (unpaired) electrons. The second-order valence-electron chi connectivity index (χ2n) is 4.82. The number of nitrogen functional groups attached to an aromatic ring is 1. The Morgan fingerprint density at radius 1 is 1.21 bits per heavy atom. The zero-order valence-electron chi connectivity index (χ0n) is 12.6. The number of aryl methyl sites for hydroxylation is 1. The highest BCUT2D eigenvalue weighted by molar-refractivity contribution is 6.01. The normalized spacial score (nSPS) is 10.8. The van der Waals surface area contributed by atoms with Crippen LogP contribution in [0, 0.1) is 5.41 Å². The fourth-order valence-corrected chi connectivity index (χ4v) is 2.41. The molecule has 0 aliphatic rings. The van der Waals surface area contributed by atoms with Gasteiger partial charge in [0.15, 0.2) is 5.82 Å². The van der Waals surface area contributed by atoms with Gasteiger partial charge in [0.2, 0.25) is 0 Å². The van der Waals surface area contributed by atoms with Gasteiger partial charge in [-0.3, -0.25) is 5.41 Å². The van der Waals surface area contributed by atoms with Crippen molar-refractivity contribution >= 4 is 11.7 Å². The molecule has 1 rings (SSSR count). The number of hydrogen-bond acceptors (Lipinski definition) is 4. The average molecular weight is 263 g/mol. The Morgan fingerprint density at radius 2 is 1.84 bits per heavy atom. The van der Waals surface area contributed by atoms with Gasteiger partial charge in [-0.15, -0.1) is 5.10 Å². The maximum absolute atomic E-state index is 7.88. The lowest BCUT2D eigenvalue weighted by molar-refractivity contribution is 0.680. The van der Waals surface area contributed by atoms with Crippen LogP contribution in [0.25, 0.3) is 0 Å². The summed E-state index contributed by atoms with van der Waals surface area (Å²) in [5.41, 5.74) is 8.55. The molecule has 0 atom stereocenters. The molecule has 3 N–H and O–H groups in total.